The zero-order valence-corrected chi connectivity index (χ0v) is 15.0. The SMILES string of the molecule is CCOCC1(CCc2ccccc2F)CCN(Cc2cccnc2)C1. The summed E-state index contributed by atoms with van der Waals surface area (Å²) in [6, 6.07) is 11.2. The monoisotopic (exact) mass is 342 g/mol. The number of pyridine rings is 1. The van der Waals surface area contributed by atoms with Crippen molar-refractivity contribution >= 4 is 0 Å². The maximum Gasteiger partial charge on any atom is 0.126 e. The lowest BCUT2D eigenvalue weighted by molar-refractivity contribution is 0.0488. The summed E-state index contributed by atoms with van der Waals surface area (Å²) in [5.41, 5.74) is 2.16. The van der Waals surface area contributed by atoms with Gasteiger partial charge in [-0.2, -0.15) is 0 Å². The number of ether oxygens (including phenoxy) is 1. The van der Waals surface area contributed by atoms with Crippen molar-refractivity contribution < 1.29 is 9.13 Å². The number of aryl methyl sites for hydroxylation is 1. The molecule has 1 aromatic heterocycles. The molecule has 1 aromatic carbocycles. The van der Waals surface area contributed by atoms with Crippen LogP contribution in [-0.2, 0) is 17.7 Å². The van der Waals surface area contributed by atoms with Crippen LogP contribution in [0.4, 0.5) is 4.39 Å². The number of nitrogens with zero attached hydrogens (tertiary/aromatic N) is 2. The van der Waals surface area contributed by atoms with Gasteiger partial charge >= 0.3 is 0 Å². The summed E-state index contributed by atoms with van der Waals surface area (Å²) >= 11 is 0. The van der Waals surface area contributed by atoms with Crippen molar-refractivity contribution in [2.45, 2.75) is 32.7 Å². The number of likely N-dealkylation sites (tertiary alicyclic amines) is 1. The fraction of sp³-hybridized carbons (Fsp3) is 0.476. The van der Waals surface area contributed by atoms with Gasteiger partial charge in [0.25, 0.3) is 0 Å². The highest BCUT2D eigenvalue weighted by molar-refractivity contribution is 5.18. The molecule has 2 aromatic rings. The van der Waals surface area contributed by atoms with Crippen LogP contribution in [0.3, 0.4) is 0 Å². The van der Waals surface area contributed by atoms with E-state index in [2.05, 4.69) is 16.0 Å². The van der Waals surface area contributed by atoms with Gasteiger partial charge in [0.15, 0.2) is 0 Å². The second kappa shape index (κ2) is 8.54. The van der Waals surface area contributed by atoms with Crippen molar-refractivity contribution in [1.29, 1.82) is 0 Å². The fourth-order valence-corrected chi connectivity index (χ4v) is 3.73. The number of rotatable bonds is 8. The second-order valence-corrected chi connectivity index (χ2v) is 7.05. The number of hydrogen-bond acceptors (Lipinski definition) is 3. The predicted octanol–water partition coefficient (Wildman–Crippen LogP) is 4.08. The Kier molecular flexibility index (Phi) is 6.16. The molecule has 2 heterocycles. The third kappa shape index (κ3) is 4.86. The summed E-state index contributed by atoms with van der Waals surface area (Å²) in [6.45, 7) is 6.48. The molecule has 3 nitrogen and oxygen atoms in total. The van der Waals surface area contributed by atoms with Crippen LogP contribution < -0.4 is 0 Å². The van der Waals surface area contributed by atoms with Gasteiger partial charge in [0.1, 0.15) is 5.82 Å². The first kappa shape index (κ1) is 18.0. The summed E-state index contributed by atoms with van der Waals surface area (Å²) in [5, 5.41) is 0. The first-order valence-electron chi connectivity index (χ1n) is 9.13. The summed E-state index contributed by atoms with van der Waals surface area (Å²) in [4.78, 5) is 6.67. The standard InChI is InChI=1S/C21H27FN2O/c1-2-25-17-21(10-9-19-7-3-4-8-20(19)22)11-13-24(16-21)15-18-6-5-12-23-14-18/h3-8,12,14H,2,9-11,13,15-17H2,1H3. The van der Waals surface area contributed by atoms with Gasteiger partial charge in [-0.15, -0.1) is 0 Å². The van der Waals surface area contributed by atoms with Crippen LogP contribution in [0, 0.1) is 11.2 Å². The van der Waals surface area contributed by atoms with E-state index in [-0.39, 0.29) is 11.2 Å². The van der Waals surface area contributed by atoms with Crippen LogP contribution >= 0.6 is 0 Å². The van der Waals surface area contributed by atoms with Crippen molar-refractivity contribution in [3.05, 3.63) is 65.7 Å². The highest BCUT2D eigenvalue weighted by Gasteiger charge is 2.38. The molecule has 1 saturated heterocycles. The molecule has 0 spiro atoms. The lowest BCUT2D eigenvalue weighted by Crippen LogP contribution is -2.32. The van der Waals surface area contributed by atoms with E-state index in [4.69, 9.17) is 4.74 Å². The summed E-state index contributed by atoms with van der Waals surface area (Å²) in [7, 11) is 0. The van der Waals surface area contributed by atoms with Gasteiger partial charge in [0.05, 0.1) is 6.61 Å². The smallest absolute Gasteiger partial charge is 0.126 e. The van der Waals surface area contributed by atoms with E-state index >= 15 is 0 Å². The first-order chi connectivity index (χ1) is 12.2. The normalized spacial score (nSPS) is 20.9. The molecule has 1 aliphatic rings. The van der Waals surface area contributed by atoms with Crippen molar-refractivity contribution in [3.8, 4) is 0 Å². The maximum atomic E-state index is 14.0. The van der Waals surface area contributed by atoms with E-state index in [1.807, 2.05) is 31.3 Å². The zero-order chi connectivity index (χ0) is 17.5. The minimum absolute atomic E-state index is 0.0979. The van der Waals surface area contributed by atoms with Gasteiger partial charge in [0, 0.05) is 37.5 Å². The summed E-state index contributed by atoms with van der Waals surface area (Å²) in [5.74, 6) is -0.0979. The van der Waals surface area contributed by atoms with Gasteiger partial charge in [-0.3, -0.25) is 9.88 Å². The third-order valence-electron chi connectivity index (χ3n) is 5.14. The average Bonchev–Trinajstić information content (AvgIpc) is 3.03. The topological polar surface area (TPSA) is 25.4 Å². The second-order valence-electron chi connectivity index (χ2n) is 7.05. The molecular weight excluding hydrogens is 315 g/mol. The Balaban J connectivity index is 1.64. The van der Waals surface area contributed by atoms with Crippen molar-refractivity contribution in [2.24, 2.45) is 5.41 Å². The molecule has 25 heavy (non-hydrogen) atoms. The minimum atomic E-state index is -0.0979. The van der Waals surface area contributed by atoms with E-state index in [0.29, 0.717) is 0 Å². The Morgan fingerprint density at radius 3 is 2.88 bits per heavy atom. The highest BCUT2D eigenvalue weighted by atomic mass is 19.1. The van der Waals surface area contributed by atoms with Gasteiger partial charge in [-0.05, 0) is 56.0 Å². The van der Waals surface area contributed by atoms with E-state index in [1.54, 1.807) is 18.3 Å². The Bertz CT molecular complexity index is 664. The summed E-state index contributed by atoms with van der Waals surface area (Å²) in [6.07, 6.45) is 6.56. The van der Waals surface area contributed by atoms with Crippen LogP contribution in [-0.4, -0.2) is 36.2 Å². The van der Waals surface area contributed by atoms with Crippen molar-refractivity contribution in [2.75, 3.05) is 26.3 Å². The first-order valence-corrected chi connectivity index (χ1v) is 9.13. The molecule has 0 aliphatic carbocycles. The van der Waals surface area contributed by atoms with E-state index < -0.39 is 0 Å². The number of hydrogen-bond donors (Lipinski definition) is 0. The lowest BCUT2D eigenvalue weighted by atomic mass is 9.82. The molecule has 0 radical (unpaired) electrons. The van der Waals surface area contributed by atoms with Gasteiger partial charge in [-0.1, -0.05) is 24.3 Å². The maximum absolute atomic E-state index is 14.0. The Morgan fingerprint density at radius 2 is 2.12 bits per heavy atom. The zero-order valence-electron chi connectivity index (χ0n) is 15.0. The number of aromatic nitrogens is 1. The molecule has 134 valence electrons. The molecule has 1 atom stereocenters. The molecule has 0 saturated carbocycles. The van der Waals surface area contributed by atoms with Gasteiger partial charge in [0.2, 0.25) is 0 Å². The molecule has 0 N–H and O–H groups in total. The molecule has 0 bridgehead atoms. The van der Waals surface area contributed by atoms with Crippen LogP contribution in [0.25, 0.3) is 0 Å². The van der Waals surface area contributed by atoms with Gasteiger partial charge in [-0.25, -0.2) is 4.39 Å². The third-order valence-corrected chi connectivity index (χ3v) is 5.14. The predicted molar refractivity (Wildman–Crippen MR) is 97.8 cm³/mol. The van der Waals surface area contributed by atoms with Crippen LogP contribution in [0.2, 0.25) is 0 Å². The van der Waals surface area contributed by atoms with Crippen LogP contribution in [0.15, 0.2) is 48.8 Å². The van der Waals surface area contributed by atoms with E-state index in [0.717, 1.165) is 57.7 Å². The molecule has 1 unspecified atom stereocenters. The Morgan fingerprint density at radius 1 is 1.24 bits per heavy atom. The van der Waals surface area contributed by atoms with Crippen LogP contribution in [0.5, 0.6) is 0 Å². The Hall–Kier alpha value is -1.78. The quantitative estimate of drug-likeness (QED) is 0.723. The lowest BCUT2D eigenvalue weighted by Gasteiger charge is -2.29. The Labute approximate surface area is 149 Å². The number of halogens is 1. The minimum Gasteiger partial charge on any atom is -0.381 e. The number of benzene rings is 1. The van der Waals surface area contributed by atoms with Gasteiger partial charge < -0.3 is 4.74 Å². The molecule has 1 aliphatic heterocycles. The average molecular weight is 342 g/mol. The molecule has 0 amide bonds. The molecular formula is C21H27FN2O. The molecule has 4 heteroatoms. The highest BCUT2D eigenvalue weighted by Crippen LogP contribution is 2.36. The van der Waals surface area contributed by atoms with Crippen molar-refractivity contribution in [1.82, 2.24) is 9.88 Å². The molecule has 1 fully saturated rings. The fourth-order valence-electron chi connectivity index (χ4n) is 3.73. The van der Waals surface area contributed by atoms with Crippen LogP contribution in [0.1, 0.15) is 30.9 Å². The van der Waals surface area contributed by atoms with E-state index in [9.17, 15) is 4.39 Å². The van der Waals surface area contributed by atoms with Crippen molar-refractivity contribution in [3.63, 3.8) is 0 Å². The van der Waals surface area contributed by atoms with E-state index in [1.165, 1.54) is 5.56 Å². The molecule has 3 rings (SSSR count). The largest absolute Gasteiger partial charge is 0.381 e. The summed E-state index contributed by atoms with van der Waals surface area (Å²) < 4.78 is 19.8.